The van der Waals surface area contributed by atoms with E-state index in [0.29, 0.717) is 0 Å². The lowest BCUT2D eigenvalue weighted by molar-refractivity contribution is 0.0643. The van der Waals surface area contributed by atoms with Crippen molar-refractivity contribution in [1.29, 1.82) is 0 Å². The zero-order valence-electron chi connectivity index (χ0n) is 13.8. The average molecular weight is 421 g/mol. The molecular weight excluding hydrogens is 393 g/mol. The molecule has 126 valence electrons. The minimum absolute atomic E-state index is 0. The Hall–Kier alpha value is -0.830. The first-order valence-electron chi connectivity index (χ1n) is 7.66. The van der Waals surface area contributed by atoms with Crippen molar-refractivity contribution < 1.29 is 4.74 Å². The molecule has 0 bridgehead atoms. The largest absolute Gasteiger partial charge is 0.381 e. The van der Waals surface area contributed by atoms with Gasteiger partial charge in [-0.25, -0.2) is 0 Å². The lowest BCUT2D eigenvalue weighted by Gasteiger charge is -2.24. The number of aromatic nitrogens is 2. The fourth-order valence-electron chi connectivity index (χ4n) is 2.71. The molecule has 0 saturated carbocycles. The highest BCUT2D eigenvalue weighted by Crippen LogP contribution is 2.17. The van der Waals surface area contributed by atoms with Gasteiger partial charge in [0.15, 0.2) is 5.96 Å². The van der Waals surface area contributed by atoms with E-state index in [1.165, 1.54) is 24.8 Å². The molecule has 1 aromatic heterocycles. The van der Waals surface area contributed by atoms with E-state index in [1.807, 2.05) is 31.2 Å². The number of aryl methyl sites for hydroxylation is 1. The summed E-state index contributed by atoms with van der Waals surface area (Å²) in [5.74, 6) is 1.72. The van der Waals surface area contributed by atoms with Crippen LogP contribution in [0.2, 0.25) is 0 Å². The Morgan fingerprint density at radius 3 is 2.82 bits per heavy atom. The van der Waals surface area contributed by atoms with Crippen LogP contribution in [-0.4, -0.2) is 54.5 Å². The van der Waals surface area contributed by atoms with Gasteiger partial charge in [0.25, 0.3) is 0 Å². The molecule has 1 fully saturated rings. The Morgan fingerprint density at radius 1 is 1.50 bits per heavy atom. The number of hydrogen-bond acceptors (Lipinski definition) is 3. The van der Waals surface area contributed by atoms with Crippen LogP contribution in [0.3, 0.4) is 0 Å². The number of ether oxygens (including phenoxy) is 1. The molecule has 0 spiro atoms. The smallest absolute Gasteiger partial charge is 0.193 e. The van der Waals surface area contributed by atoms with Gasteiger partial charge in [-0.3, -0.25) is 9.67 Å². The first kappa shape index (κ1) is 19.2. The third-order valence-electron chi connectivity index (χ3n) is 3.93. The van der Waals surface area contributed by atoms with Gasteiger partial charge in [-0.15, -0.1) is 24.0 Å². The number of aliphatic imine (C=N–C) groups is 1. The molecule has 0 atom stereocenters. The topological polar surface area (TPSA) is 54.7 Å². The van der Waals surface area contributed by atoms with Gasteiger partial charge >= 0.3 is 0 Å². The fraction of sp³-hybridized carbons (Fsp3) is 0.733. The average Bonchev–Trinajstić information content (AvgIpc) is 2.89. The van der Waals surface area contributed by atoms with Gasteiger partial charge in [0.05, 0.1) is 6.20 Å². The van der Waals surface area contributed by atoms with Crippen molar-refractivity contribution in [1.82, 2.24) is 20.0 Å². The van der Waals surface area contributed by atoms with Crippen LogP contribution in [-0.2, 0) is 18.3 Å². The van der Waals surface area contributed by atoms with Crippen molar-refractivity contribution in [2.24, 2.45) is 18.0 Å². The maximum Gasteiger partial charge on any atom is 0.193 e. The number of guanidine groups is 1. The predicted octanol–water partition coefficient (Wildman–Crippen LogP) is 1.86. The van der Waals surface area contributed by atoms with Crippen molar-refractivity contribution in [3.63, 3.8) is 0 Å². The highest BCUT2D eigenvalue weighted by atomic mass is 127. The Kier molecular flexibility index (Phi) is 8.77. The quantitative estimate of drug-likeness (QED) is 0.448. The molecule has 2 rings (SSSR count). The van der Waals surface area contributed by atoms with E-state index in [0.717, 1.165) is 38.2 Å². The summed E-state index contributed by atoms with van der Waals surface area (Å²) in [6.07, 6.45) is 7.48. The van der Waals surface area contributed by atoms with Gasteiger partial charge in [0.2, 0.25) is 0 Å². The molecular formula is C15H28IN5O. The van der Waals surface area contributed by atoms with Gasteiger partial charge in [-0.1, -0.05) is 0 Å². The lowest BCUT2D eigenvalue weighted by atomic mass is 9.97. The fourth-order valence-corrected chi connectivity index (χ4v) is 2.71. The normalized spacial score (nSPS) is 16.2. The standard InChI is InChI=1S/C15H27N5O.HI/c1-16-15(17-7-4-13-5-8-21-9-6-13)19(2)11-14-10-18-20(3)12-14;/h10,12-13H,4-9,11H2,1-3H3,(H,16,17);1H. The Bertz CT molecular complexity index is 457. The molecule has 0 unspecified atom stereocenters. The molecule has 1 N–H and O–H groups in total. The van der Waals surface area contributed by atoms with Crippen molar-refractivity contribution in [2.45, 2.75) is 25.8 Å². The maximum absolute atomic E-state index is 5.39. The minimum Gasteiger partial charge on any atom is -0.381 e. The van der Waals surface area contributed by atoms with Crippen LogP contribution < -0.4 is 5.32 Å². The van der Waals surface area contributed by atoms with Crippen LogP contribution in [0.5, 0.6) is 0 Å². The van der Waals surface area contributed by atoms with Crippen LogP contribution in [0.1, 0.15) is 24.8 Å². The van der Waals surface area contributed by atoms with E-state index in [2.05, 4.69) is 27.4 Å². The van der Waals surface area contributed by atoms with E-state index in [-0.39, 0.29) is 24.0 Å². The zero-order chi connectivity index (χ0) is 15.1. The Morgan fingerprint density at radius 2 is 2.23 bits per heavy atom. The molecule has 1 saturated heterocycles. The van der Waals surface area contributed by atoms with Crippen molar-refractivity contribution in [3.05, 3.63) is 18.0 Å². The first-order valence-corrected chi connectivity index (χ1v) is 7.66. The highest BCUT2D eigenvalue weighted by molar-refractivity contribution is 14.0. The van der Waals surface area contributed by atoms with Crippen LogP contribution >= 0.6 is 24.0 Å². The van der Waals surface area contributed by atoms with Gasteiger partial charge in [0.1, 0.15) is 0 Å². The molecule has 0 aromatic carbocycles. The number of nitrogens with one attached hydrogen (secondary N) is 1. The summed E-state index contributed by atoms with van der Waals surface area (Å²) in [4.78, 5) is 6.48. The molecule has 1 aromatic rings. The van der Waals surface area contributed by atoms with Crippen LogP contribution in [0.4, 0.5) is 0 Å². The SMILES string of the molecule is CN=C(NCCC1CCOCC1)N(C)Cc1cnn(C)c1.I. The zero-order valence-corrected chi connectivity index (χ0v) is 16.1. The molecule has 2 heterocycles. The van der Waals surface area contributed by atoms with Crippen LogP contribution in [0, 0.1) is 5.92 Å². The molecule has 1 aliphatic rings. The summed E-state index contributed by atoms with van der Waals surface area (Å²) in [5, 5.41) is 7.65. The van der Waals surface area contributed by atoms with E-state index in [4.69, 9.17) is 4.74 Å². The van der Waals surface area contributed by atoms with Crippen LogP contribution in [0.15, 0.2) is 17.4 Å². The summed E-state index contributed by atoms with van der Waals surface area (Å²) >= 11 is 0. The van der Waals surface area contributed by atoms with E-state index < -0.39 is 0 Å². The monoisotopic (exact) mass is 421 g/mol. The van der Waals surface area contributed by atoms with Gasteiger partial charge < -0.3 is 15.0 Å². The van der Waals surface area contributed by atoms with E-state index in [1.54, 1.807) is 0 Å². The van der Waals surface area contributed by atoms with Crippen molar-refractivity contribution in [3.8, 4) is 0 Å². The second-order valence-electron chi connectivity index (χ2n) is 5.70. The third-order valence-corrected chi connectivity index (χ3v) is 3.93. The van der Waals surface area contributed by atoms with Gasteiger partial charge in [-0.2, -0.15) is 5.10 Å². The number of rotatable bonds is 5. The van der Waals surface area contributed by atoms with Crippen LogP contribution in [0.25, 0.3) is 0 Å². The first-order chi connectivity index (χ1) is 10.2. The summed E-state index contributed by atoms with van der Waals surface area (Å²) in [6.45, 7) is 3.61. The van der Waals surface area contributed by atoms with Gasteiger partial charge in [0, 0.05) is 59.2 Å². The predicted molar refractivity (Wildman–Crippen MR) is 99.6 cm³/mol. The Labute approximate surface area is 150 Å². The van der Waals surface area contributed by atoms with Crippen molar-refractivity contribution >= 4 is 29.9 Å². The van der Waals surface area contributed by atoms with E-state index in [9.17, 15) is 0 Å². The number of hydrogen-bond donors (Lipinski definition) is 1. The molecule has 0 aliphatic carbocycles. The highest BCUT2D eigenvalue weighted by Gasteiger charge is 2.14. The van der Waals surface area contributed by atoms with E-state index >= 15 is 0 Å². The molecule has 0 amide bonds. The second kappa shape index (κ2) is 10.0. The second-order valence-corrected chi connectivity index (χ2v) is 5.70. The summed E-state index contributed by atoms with van der Waals surface area (Å²) in [6, 6.07) is 0. The minimum atomic E-state index is 0. The molecule has 22 heavy (non-hydrogen) atoms. The molecule has 0 radical (unpaired) electrons. The Balaban J connectivity index is 0.00000242. The maximum atomic E-state index is 5.39. The summed E-state index contributed by atoms with van der Waals surface area (Å²) < 4.78 is 7.22. The number of halogens is 1. The third kappa shape index (κ3) is 6.12. The molecule has 1 aliphatic heterocycles. The summed E-state index contributed by atoms with van der Waals surface area (Å²) in [5.41, 5.74) is 1.19. The molecule has 7 heteroatoms. The molecule has 6 nitrogen and oxygen atoms in total. The van der Waals surface area contributed by atoms with Crippen molar-refractivity contribution in [2.75, 3.05) is 33.9 Å². The lowest BCUT2D eigenvalue weighted by Crippen LogP contribution is -2.39. The summed E-state index contributed by atoms with van der Waals surface area (Å²) in [7, 11) is 5.82. The van der Waals surface area contributed by atoms with Gasteiger partial charge in [-0.05, 0) is 25.2 Å². The number of nitrogens with zero attached hydrogens (tertiary/aromatic N) is 4.